The van der Waals surface area contributed by atoms with E-state index in [1.54, 1.807) is 0 Å². The van der Waals surface area contributed by atoms with Crippen LogP contribution in [0.4, 0.5) is 5.69 Å². The Balaban J connectivity index is 0.000000352. The normalized spacial score (nSPS) is 15.5. The van der Waals surface area contributed by atoms with E-state index in [9.17, 15) is 19.6 Å². The van der Waals surface area contributed by atoms with Gasteiger partial charge in [-0.3, -0.25) is 14.3 Å². The Labute approximate surface area is 193 Å². The average Bonchev–Trinajstić information content (AvgIpc) is 3.10. The Morgan fingerprint density at radius 1 is 1.22 bits per heavy atom. The summed E-state index contributed by atoms with van der Waals surface area (Å²) in [6.07, 6.45) is 4.32. The summed E-state index contributed by atoms with van der Waals surface area (Å²) in [5, 5.41) is 24.3. The molecule has 170 valence electrons. The smallest absolute Gasteiger partial charge is 0.426 e. The molecule has 1 unspecified atom stereocenters. The standard InChI is InChI=1S/C16H22BN3O4S.C7H8/c21-15-8-11-7-12(4-5-13(11)19-15)25-18-9-16(22)20-14(17(23)24)6-10-2-1-3-10;1-7-5-3-2-4-6-7/h4-5,7,10,14,18,23-24H,1-3,6,8-9H2,(H,19,21)(H,20,22);2-6H,1H3. The van der Waals surface area contributed by atoms with Crippen molar-refractivity contribution in [3.8, 4) is 0 Å². The van der Waals surface area contributed by atoms with Crippen molar-refractivity contribution in [2.75, 3.05) is 11.9 Å². The van der Waals surface area contributed by atoms with E-state index < -0.39 is 13.1 Å². The number of carbonyl (C=O) groups excluding carboxylic acids is 2. The maximum atomic E-state index is 12.0. The van der Waals surface area contributed by atoms with Crippen molar-refractivity contribution in [2.24, 2.45) is 5.92 Å². The van der Waals surface area contributed by atoms with Gasteiger partial charge >= 0.3 is 7.12 Å². The molecule has 5 N–H and O–H groups in total. The monoisotopic (exact) mass is 455 g/mol. The predicted molar refractivity (Wildman–Crippen MR) is 128 cm³/mol. The second kappa shape index (κ2) is 12.1. The van der Waals surface area contributed by atoms with Gasteiger partial charge in [0.2, 0.25) is 11.8 Å². The van der Waals surface area contributed by atoms with Crippen LogP contribution in [-0.2, 0) is 16.0 Å². The van der Waals surface area contributed by atoms with Gasteiger partial charge in [-0.25, -0.2) is 0 Å². The van der Waals surface area contributed by atoms with Gasteiger partial charge in [-0.2, -0.15) is 0 Å². The van der Waals surface area contributed by atoms with Crippen LogP contribution in [-0.4, -0.2) is 41.5 Å². The zero-order chi connectivity index (χ0) is 22.9. The first-order valence-electron chi connectivity index (χ1n) is 10.9. The van der Waals surface area contributed by atoms with Gasteiger partial charge < -0.3 is 20.7 Å². The molecular formula is C23H30BN3O4S. The fourth-order valence-electron chi connectivity index (χ4n) is 3.59. The molecule has 1 aliphatic heterocycles. The fourth-order valence-corrected chi connectivity index (χ4v) is 4.30. The Hall–Kier alpha value is -2.33. The Kier molecular flexibility index (Phi) is 9.17. The SMILES string of the molecule is Cc1ccccc1.O=C1Cc2cc(SNCC(=O)NC(CC3CCC3)B(O)O)ccc2N1. The molecule has 0 aromatic heterocycles. The molecule has 7 nitrogen and oxygen atoms in total. The molecule has 2 amide bonds. The summed E-state index contributed by atoms with van der Waals surface area (Å²) in [7, 11) is -1.54. The van der Waals surface area contributed by atoms with Gasteiger partial charge in [0.25, 0.3) is 0 Å². The van der Waals surface area contributed by atoms with E-state index in [0.717, 1.165) is 29.0 Å². The van der Waals surface area contributed by atoms with Gasteiger partial charge in [0.1, 0.15) is 0 Å². The van der Waals surface area contributed by atoms with Crippen molar-refractivity contribution in [1.82, 2.24) is 10.0 Å². The first-order valence-corrected chi connectivity index (χ1v) is 11.7. The van der Waals surface area contributed by atoms with Crippen molar-refractivity contribution in [3.05, 3.63) is 59.7 Å². The van der Waals surface area contributed by atoms with E-state index in [1.807, 2.05) is 36.4 Å². The van der Waals surface area contributed by atoms with Gasteiger partial charge in [-0.15, -0.1) is 0 Å². The highest BCUT2D eigenvalue weighted by molar-refractivity contribution is 7.97. The third-order valence-electron chi connectivity index (χ3n) is 5.58. The molecule has 0 radical (unpaired) electrons. The van der Waals surface area contributed by atoms with Crippen LogP contribution < -0.4 is 15.4 Å². The minimum absolute atomic E-state index is 0.00967. The third kappa shape index (κ3) is 7.67. The summed E-state index contributed by atoms with van der Waals surface area (Å²) < 4.78 is 2.97. The van der Waals surface area contributed by atoms with E-state index in [2.05, 4.69) is 34.4 Å². The second-order valence-corrected chi connectivity index (χ2v) is 9.21. The van der Waals surface area contributed by atoms with Crippen LogP contribution in [0.15, 0.2) is 53.4 Å². The number of anilines is 1. The summed E-state index contributed by atoms with van der Waals surface area (Å²) in [5.41, 5.74) is 3.11. The molecule has 2 aliphatic rings. The molecule has 1 heterocycles. The van der Waals surface area contributed by atoms with Gasteiger partial charge in [-0.05, 0) is 55.0 Å². The van der Waals surface area contributed by atoms with Crippen molar-refractivity contribution in [1.29, 1.82) is 0 Å². The zero-order valence-corrected chi connectivity index (χ0v) is 19.0. The molecule has 1 aliphatic carbocycles. The van der Waals surface area contributed by atoms with E-state index in [1.165, 1.54) is 23.9 Å². The maximum Gasteiger partial charge on any atom is 0.475 e. The average molecular weight is 455 g/mol. The largest absolute Gasteiger partial charge is 0.475 e. The van der Waals surface area contributed by atoms with E-state index in [-0.39, 0.29) is 18.4 Å². The van der Waals surface area contributed by atoms with Crippen LogP contribution in [0.25, 0.3) is 0 Å². The molecule has 1 saturated carbocycles. The molecule has 0 bridgehead atoms. The first-order chi connectivity index (χ1) is 15.4. The van der Waals surface area contributed by atoms with Crippen molar-refractivity contribution in [2.45, 2.75) is 49.9 Å². The molecule has 0 spiro atoms. The summed E-state index contributed by atoms with van der Waals surface area (Å²) in [6, 6.07) is 15.9. The number of hydrogen-bond donors (Lipinski definition) is 5. The molecule has 1 fully saturated rings. The van der Waals surface area contributed by atoms with Gasteiger partial charge in [0, 0.05) is 10.6 Å². The highest BCUT2D eigenvalue weighted by atomic mass is 32.2. The number of aryl methyl sites for hydroxylation is 1. The predicted octanol–water partition coefficient (Wildman–Crippen LogP) is 2.46. The molecule has 2 aromatic carbocycles. The molecule has 2 aromatic rings. The molecule has 1 atom stereocenters. The summed E-state index contributed by atoms with van der Waals surface area (Å²) in [5.74, 6) is -0.439. The lowest BCUT2D eigenvalue weighted by molar-refractivity contribution is -0.120. The van der Waals surface area contributed by atoms with Crippen molar-refractivity contribution < 1.29 is 19.6 Å². The highest BCUT2D eigenvalue weighted by Crippen LogP contribution is 2.30. The van der Waals surface area contributed by atoms with Crippen LogP contribution in [0.5, 0.6) is 0 Å². The fraction of sp³-hybridized carbons (Fsp3) is 0.391. The number of carbonyl (C=O) groups is 2. The Bertz CT molecular complexity index is 909. The van der Waals surface area contributed by atoms with E-state index >= 15 is 0 Å². The van der Waals surface area contributed by atoms with Crippen LogP contribution in [0.3, 0.4) is 0 Å². The van der Waals surface area contributed by atoms with Crippen molar-refractivity contribution >= 4 is 36.6 Å². The van der Waals surface area contributed by atoms with Crippen molar-refractivity contribution in [3.63, 3.8) is 0 Å². The van der Waals surface area contributed by atoms with Gasteiger partial charge in [0.05, 0.1) is 18.9 Å². The minimum Gasteiger partial charge on any atom is -0.426 e. The van der Waals surface area contributed by atoms with E-state index in [0.29, 0.717) is 18.8 Å². The van der Waals surface area contributed by atoms with Gasteiger partial charge in [-0.1, -0.05) is 55.2 Å². The molecule has 9 heteroatoms. The topological polar surface area (TPSA) is 111 Å². The van der Waals surface area contributed by atoms with E-state index in [4.69, 9.17) is 0 Å². The molecule has 4 rings (SSSR count). The second-order valence-electron chi connectivity index (χ2n) is 8.24. The quantitative estimate of drug-likeness (QED) is 0.309. The number of rotatable bonds is 8. The summed E-state index contributed by atoms with van der Waals surface area (Å²) >= 11 is 1.31. The number of benzene rings is 2. The number of fused-ring (bicyclic) bond motifs is 1. The van der Waals surface area contributed by atoms with Crippen LogP contribution >= 0.6 is 11.9 Å². The number of nitrogens with one attached hydrogen (secondary N) is 3. The lowest BCUT2D eigenvalue weighted by Crippen LogP contribution is -2.49. The molecule has 0 saturated heterocycles. The Morgan fingerprint density at radius 2 is 1.97 bits per heavy atom. The number of amides is 2. The molecule has 32 heavy (non-hydrogen) atoms. The van der Waals surface area contributed by atoms with Crippen LogP contribution in [0.2, 0.25) is 0 Å². The summed E-state index contributed by atoms with van der Waals surface area (Å²) in [4.78, 5) is 24.3. The third-order valence-corrected chi connectivity index (χ3v) is 6.36. The highest BCUT2D eigenvalue weighted by Gasteiger charge is 2.30. The summed E-state index contributed by atoms with van der Waals surface area (Å²) in [6.45, 7) is 2.15. The lowest BCUT2D eigenvalue weighted by Gasteiger charge is -2.29. The van der Waals surface area contributed by atoms with Crippen LogP contribution in [0, 0.1) is 12.8 Å². The number of hydrogen-bond acceptors (Lipinski definition) is 6. The lowest BCUT2D eigenvalue weighted by atomic mass is 9.70. The minimum atomic E-state index is -1.54. The van der Waals surface area contributed by atoms with Crippen LogP contribution in [0.1, 0.15) is 36.8 Å². The van der Waals surface area contributed by atoms with Gasteiger partial charge in [0.15, 0.2) is 0 Å². The maximum absolute atomic E-state index is 12.0. The molecular weight excluding hydrogens is 425 g/mol. The zero-order valence-electron chi connectivity index (χ0n) is 18.2. The Morgan fingerprint density at radius 3 is 2.56 bits per heavy atom. The first kappa shape index (κ1) is 24.3.